The number of nitro groups is 1. The quantitative estimate of drug-likeness (QED) is 0.445. The van der Waals surface area contributed by atoms with Crippen LogP contribution in [-0.4, -0.2) is 51.4 Å². The van der Waals surface area contributed by atoms with Crippen molar-refractivity contribution in [3.05, 3.63) is 33.9 Å². The molecule has 1 aliphatic heterocycles. The first-order valence-corrected chi connectivity index (χ1v) is 6.07. The number of nitrogens with one attached hydrogen (secondary N) is 1. The molecule has 4 N–H and O–H groups in total. The average molecular weight is 284 g/mol. The molecule has 0 spiro atoms. The molecule has 1 aromatic rings. The number of ether oxygens (including phenoxy) is 1. The summed E-state index contributed by atoms with van der Waals surface area (Å²) in [6.07, 6.45) is -4.77. The van der Waals surface area contributed by atoms with Gasteiger partial charge in [0.15, 0.2) is 6.23 Å². The highest BCUT2D eigenvalue weighted by atomic mass is 16.6. The molecule has 0 aliphatic carbocycles. The fraction of sp³-hybridized carbons (Fsp3) is 0.500. The smallest absolute Gasteiger partial charge is 0.274 e. The van der Waals surface area contributed by atoms with E-state index in [0.29, 0.717) is 11.3 Å². The van der Waals surface area contributed by atoms with Gasteiger partial charge in [0.2, 0.25) is 0 Å². The summed E-state index contributed by atoms with van der Waals surface area (Å²) in [6, 6.07) is 4.50. The first-order valence-electron chi connectivity index (χ1n) is 6.07. The Morgan fingerprint density at radius 3 is 2.70 bits per heavy atom. The van der Waals surface area contributed by atoms with Gasteiger partial charge in [-0.25, -0.2) is 0 Å². The molecule has 0 bridgehead atoms. The van der Waals surface area contributed by atoms with Crippen LogP contribution < -0.4 is 5.32 Å². The molecular formula is C12H16N2O6. The number of nitrogens with zero attached hydrogens (tertiary/aromatic N) is 1. The maximum absolute atomic E-state index is 10.8. The van der Waals surface area contributed by atoms with Gasteiger partial charge >= 0.3 is 0 Å². The Morgan fingerprint density at radius 2 is 2.05 bits per heavy atom. The van der Waals surface area contributed by atoms with Crippen LogP contribution in [0.15, 0.2) is 18.2 Å². The molecule has 8 nitrogen and oxygen atoms in total. The van der Waals surface area contributed by atoms with Gasteiger partial charge in [-0.2, -0.15) is 0 Å². The zero-order valence-electron chi connectivity index (χ0n) is 10.8. The average Bonchev–Trinajstić information content (AvgIpc) is 2.41. The summed E-state index contributed by atoms with van der Waals surface area (Å²) in [5, 5.41) is 42.3. The molecule has 1 saturated heterocycles. The molecule has 8 heteroatoms. The molecule has 0 saturated carbocycles. The van der Waals surface area contributed by atoms with E-state index in [-0.39, 0.29) is 12.3 Å². The summed E-state index contributed by atoms with van der Waals surface area (Å²) in [6.45, 7) is 1.48. The number of aliphatic hydroxyl groups is 3. The Balaban J connectivity index is 2.14. The van der Waals surface area contributed by atoms with Crippen molar-refractivity contribution in [1.29, 1.82) is 0 Å². The van der Waals surface area contributed by atoms with Gasteiger partial charge in [-0.1, -0.05) is 6.07 Å². The Bertz CT molecular complexity index is 509. The molecule has 0 unspecified atom stereocenters. The summed E-state index contributed by atoms with van der Waals surface area (Å²) in [4.78, 5) is 10.3. The molecule has 4 atom stereocenters. The van der Waals surface area contributed by atoms with Crippen LogP contribution in [0.1, 0.15) is 5.56 Å². The van der Waals surface area contributed by atoms with E-state index >= 15 is 0 Å². The summed E-state index contributed by atoms with van der Waals surface area (Å²) in [5.41, 5.74) is 0.844. The van der Waals surface area contributed by atoms with E-state index in [1.807, 2.05) is 0 Å². The second kappa shape index (κ2) is 5.71. The second-order valence-corrected chi connectivity index (χ2v) is 4.71. The number of benzene rings is 1. The highest BCUT2D eigenvalue weighted by Gasteiger charge is 2.37. The lowest BCUT2D eigenvalue weighted by molar-refractivity contribution is -0.385. The predicted molar refractivity (Wildman–Crippen MR) is 69.2 cm³/mol. The minimum atomic E-state index is -1.33. The van der Waals surface area contributed by atoms with E-state index in [9.17, 15) is 25.4 Å². The van der Waals surface area contributed by atoms with E-state index < -0.39 is 29.5 Å². The van der Waals surface area contributed by atoms with Crippen LogP contribution in [0.2, 0.25) is 0 Å². The molecule has 1 heterocycles. The number of nitro benzene ring substituents is 1. The van der Waals surface area contributed by atoms with E-state index in [1.165, 1.54) is 6.07 Å². The monoisotopic (exact) mass is 284 g/mol. The topological polar surface area (TPSA) is 125 Å². The summed E-state index contributed by atoms with van der Waals surface area (Å²) in [7, 11) is 0. The normalized spacial score (nSPS) is 30.0. The van der Waals surface area contributed by atoms with Gasteiger partial charge in [0.1, 0.15) is 18.3 Å². The van der Waals surface area contributed by atoms with Gasteiger partial charge in [-0.15, -0.1) is 0 Å². The lowest BCUT2D eigenvalue weighted by Crippen LogP contribution is -2.55. The lowest BCUT2D eigenvalue weighted by Gasteiger charge is -2.35. The van der Waals surface area contributed by atoms with Gasteiger partial charge in [-0.05, 0) is 13.0 Å². The predicted octanol–water partition coefficient (Wildman–Crippen LogP) is -0.246. The van der Waals surface area contributed by atoms with Crippen molar-refractivity contribution in [2.75, 3.05) is 11.9 Å². The molecule has 110 valence electrons. The van der Waals surface area contributed by atoms with Crippen LogP contribution in [0.4, 0.5) is 11.4 Å². The Kier molecular flexibility index (Phi) is 4.19. The zero-order valence-corrected chi connectivity index (χ0v) is 10.8. The van der Waals surface area contributed by atoms with Crippen LogP contribution in [0.3, 0.4) is 0 Å². The Morgan fingerprint density at radius 1 is 1.35 bits per heavy atom. The van der Waals surface area contributed by atoms with Crippen LogP contribution >= 0.6 is 0 Å². The molecule has 2 rings (SSSR count). The first-order chi connectivity index (χ1) is 9.40. The van der Waals surface area contributed by atoms with Crippen LogP contribution in [-0.2, 0) is 4.74 Å². The molecule has 0 amide bonds. The third kappa shape index (κ3) is 2.88. The number of anilines is 1. The van der Waals surface area contributed by atoms with Crippen LogP contribution in [0.5, 0.6) is 0 Å². The van der Waals surface area contributed by atoms with Crippen molar-refractivity contribution in [2.45, 2.75) is 31.5 Å². The number of hydrogen-bond donors (Lipinski definition) is 4. The maximum Gasteiger partial charge on any atom is 0.274 e. The number of aryl methyl sites for hydroxylation is 1. The Labute approximate surface area is 114 Å². The number of aliphatic hydroxyl groups excluding tert-OH is 3. The van der Waals surface area contributed by atoms with E-state index in [1.54, 1.807) is 19.1 Å². The molecule has 0 radical (unpaired) electrons. The van der Waals surface area contributed by atoms with Crippen LogP contribution in [0.25, 0.3) is 0 Å². The van der Waals surface area contributed by atoms with Crippen molar-refractivity contribution in [3.63, 3.8) is 0 Å². The zero-order chi connectivity index (χ0) is 14.9. The largest absolute Gasteiger partial charge is 0.388 e. The number of hydrogen-bond acceptors (Lipinski definition) is 7. The van der Waals surface area contributed by atoms with Gasteiger partial charge in [-0.3, -0.25) is 10.1 Å². The van der Waals surface area contributed by atoms with Crippen molar-refractivity contribution in [1.82, 2.24) is 0 Å². The summed E-state index contributed by atoms with van der Waals surface area (Å²) < 4.78 is 5.17. The summed E-state index contributed by atoms with van der Waals surface area (Å²) >= 11 is 0. The summed E-state index contributed by atoms with van der Waals surface area (Å²) in [5.74, 6) is 0. The minimum Gasteiger partial charge on any atom is -0.388 e. The van der Waals surface area contributed by atoms with Gasteiger partial charge in [0, 0.05) is 17.3 Å². The number of rotatable bonds is 3. The SMILES string of the molecule is Cc1ccc(N[C@H]2OC[C@@H](O)[C@@H](O)[C@H]2O)cc1[N+](=O)[O-]. The highest BCUT2D eigenvalue weighted by Crippen LogP contribution is 2.24. The van der Waals surface area contributed by atoms with E-state index in [4.69, 9.17) is 4.74 Å². The molecule has 1 aliphatic rings. The maximum atomic E-state index is 10.8. The third-order valence-electron chi connectivity index (χ3n) is 3.22. The van der Waals surface area contributed by atoms with E-state index in [2.05, 4.69) is 5.32 Å². The first kappa shape index (κ1) is 14.7. The van der Waals surface area contributed by atoms with Crippen molar-refractivity contribution >= 4 is 11.4 Å². The molecule has 1 aromatic carbocycles. The standard InChI is InChI=1S/C12H16N2O6/c1-6-2-3-7(4-8(6)14(18)19)13-12-11(17)10(16)9(15)5-20-12/h2-4,9-13,15-17H,5H2,1H3/t9-,10-,11-,12+/m1/s1. The molecule has 0 aromatic heterocycles. The van der Waals surface area contributed by atoms with Crippen molar-refractivity contribution in [3.8, 4) is 0 Å². The molecule has 20 heavy (non-hydrogen) atoms. The van der Waals surface area contributed by atoms with Crippen molar-refractivity contribution in [2.24, 2.45) is 0 Å². The fourth-order valence-corrected chi connectivity index (χ4v) is 1.99. The van der Waals surface area contributed by atoms with Gasteiger partial charge < -0.3 is 25.4 Å². The minimum absolute atomic E-state index is 0.0547. The van der Waals surface area contributed by atoms with Crippen molar-refractivity contribution < 1.29 is 25.0 Å². The third-order valence-corrected chi connectivity index (χ3v) is 3.22. The van der Waals surface area contributed by atoms with Gasteiger partial charge in [0.25, 0.3) is 5.69 Å². The van der Waals surface area contributed by atoms with Crippen LogP contribution in [0, 0.1) is 17.0 Å². The van der Waals surface area contributed by atoms with E-state index in [0.717, 1.165) is 0 Å². The van der Waals surface area contributed by atoms with Gasteiger partial charge in [0.05, 0.1) is 11.5 Å². The fourth-order valence-electron chi connectivity index (χ4n) is 1.99. The molecule has 1 fully saturated rings. The highest BCUT2D eigenvalue weighted by molar-refractivity contribution is 5.55. The molecular weight excluding hydrogens is 268 g/mol. The lowest BCUT2D eigenvalue weighted by atomic mass is 10.0. The Hall–Kier alpha value is -1.74. The second-order valence-electron chi connectivity index (χ2n) is 4.71.